The molecule has 0 radical (unpaired) electrons. The molecule has 0 bridgehead atoms. The molecule has 0 amide bonds. The van der Waals surface area contributed by atoms with Crippen LogP contribution in [0.3, 0.4) is 0 Å². The van der Waals surface area contributed by atoms with Crippen molar-refractivity contribution >= 4 is 17.9 Å². The fourth-order valence-electron chi connectivity index (χ4n) is 1.08. The molecule has 0 aliphatic rings. The summed E-state index contributed by atoms with van der Waals surface area (Å²) in [5.74, 6) is -0.938. The summed E-state index contributed by atoms with van der Waals surface area (Å²) in [6.45, 7) is 6.72. The highest BCUT2D eigenvalue weighted by molar-refractivity contribution is 5.95. The molecule has 0 rings (SSSR count). The molecule has 0 aliphatic heterocycles. The van der Waals surface area contributed by atoms with Crippen LogP contribution in [-0.4, -0.2) is 35.6 Å². The van der Waals surface area contributed by atoms with Gasteiger partial charge in [-0.05, 0) is 27.7 Å². The van der Waals surface area contributed by atoms with Crippen LogP contribution in [0, 0.1) is 5.92 Å². The van der Waals surface area contributed by atoms with Crippen LogP contribution >= 0.6 is 0 Å². The Labute approximate surface area is 106 Å². The number of carbonyl (C=O) groups excluding carboxylic acids is 3. The van der Waals surface area contributed by atoms with Crippen LogP contribution in [-0.2, 0) is 23.9 Å². The molecule has 6 nitrogen and oxygen atoms in total. The van der Waals surface area contributed by atoms with E-state index in [-0.39, 0.29) is 24.1 Å². The quantitative estimate of drug-likeness (QED) is 0.392. The van der Waals surface area contributed by atoms with Crippen molar-refractivity contribution in [2.24, 2.45) is 5.92 Å². The largest absolute Gasteiger partial charge is 0.462 e. The van der Waals surface area contributed by atoms with Gasteiger partial charge in [-0.2, -0.15) is 0 Å². The van der Waals surface area contributed by atoms with Gasteiger partial charge in [-0.25, -0.2) is 4.79 Å². The molecule has 0 saturated heterocycles. The smallest absolute Gasteiger partial charge is 0.320 e. The minimum Gasteiger partial charge on any atom is -0.462 e. The molecule has 0 aromatic carbocycles. The highest BCUT2D eigenvalue weighted by Crippen LogP contribution is 2.11. The van der Waals surface area contributed by atoms with Crippen LogP contribution in [0.5, 0.6) is 0 Å². The van der Waals surface area contributed by atoms with E-state index >= 15 is 0 Å². The maximum absolute atomic E-state index is 11.6. The van der Waals surface area contributed by atoms with Crippen molar-refractivity contribution in [3.05, 3.63) is 6.08 Å². The van der Waals surface area contributed by atoms with Crippen molar-refractivity contribution in [2.45, 2.75) is 46.3 Å². The van der Waals surface area contributed by atoms with Crippen LogP contribution in [0.4, 0.5) is 0 Å². The van der Waals surface area contributed by atoms with E-state index in [0.29, 0.717) is 0 Å². The Bertz CT molecular complexity index is 293. The minimum atomic E-state index is -1.10. The Kier molecular flexibility index (Phi) is 9.76. The van der Waals surface area contributed by atoms with Gasteiger partial charge in [0.2, 0.25) is 0 Å². The molecule has 0 aromatic heterocycles. The molecule has 0 heterocycles. The monoisotopic (exact) mass is 260 g/mol. The normalized spacial score (nSPS) is 9.72. The van der Waals surface area contributed by atoms with Crippen molar-refractivity contribution in [1.82, 2.24) is 0 Å². The van der Waals surface area contributed by atoms with E-state index in [1.54, 1.807) is 27.7 Å². The number of rotatable bonds is 6. The maximum Gasteiger partial charge on any atom is 0.320 e. The van der Waals surface area contributed by atoms with Gasteiger partial charge in [0.1, 0.15) is 5.94 Å². The summed E-state index contributed by atoms with van der Waals surface area (Å²) in [6, 6.07) is 0. The first-order chi connectivity index (χ1) is 7.88. The van der Waals surface area contributed by atoms with E-state index < -0.39 is 17.9 Å². The number of hydrogen-bond acceptors (Lipinski definition) is 5. The zero-order valence-corrected chi connectivity index (χ0v) is 11.1. The molecule has 0 saturated carbocycles. The summed E-state index contributed by atoms with van der Waals surface area (Å²) >= 11 is 0. The summed E-state index contributed by atoms with van der Waals surface area (Å²) in [7, 11) is 0. The highest BCUT2D eigenvalue weighted by Gasteiger charge is 2.30. The van der Waals surface area contributed by atoms with Crippen LogP contribution in [0.2, 0.25) is 0 Å². The first-order valence-corrected chi connectivity index (χ1v) is 5.48. The fourth-order valence-corrected chi connectivity index (χ4v) is 1.08. The van der Waals surface area contributed by atoms with Crippen LogP contribution < -0.4 is 0 Å². The Balaban J connectivity index is 0. The molecule has 0 aliphatic carbocycles. The van der Waals surface area contributed by atoms with Crippen LogP contribution in [0.15, 0.2) is 6.08 Å². The van der Waals surface area contributed by atoms with Gasteiger partial charge in [-0.15, -0.1) is 0 Å². The third-order valence-electron chi connectivity index (χ3n) is 1.71. The maximum atomic E-state index is 11.6. The SMILES string of the molecule is CC(C)OC(=O)C(CC=C=O)C(=O)OC(C)C.O. The molecule has 18 heavy (non-hydrogen) atoms. The van der Waals surface area contributed by atoms with Crippen molar-refractivity contribution in [3.63, 3.8) is 0 Å². The Morgan fingerprint density at radius 2 is 1.44 bits per heavy atom. The van der Waals surface area contributed by atoms with Gasteiger partial charge >= 0.3 is 11.9 Å². The molecule has 2 N–H and O–H groups in total. The standard InChI is InChI=1S/C12H18O5.H2O/c1-8(2)16-11(14)10(6-5-7-13)12(15)17-9(3)4;/h5,8-10H,6H2,1-4H3;1H2. The Morgan fingerprint density at radius 1 is 1.06 bits per heavy atom. The second-order valence-electron chi connectivity index (χ2n) is 4.08. The number of carbonyl (C=O) groups is 2. The van der Waals surface area contributed by atoms with Crippen molar-refractivity contribution in [1.29, 1.82) is 0 Å². The summed E-state index contributed by atoms with van der Waals surface area (Å²) in [4.78, 5) is 33.3. The summed E-state index contributed by atoms with van der Waals surface area (Å²) < 4.78 is 9.85. The van der Waals surface area contributed by atoms with Gasteiger partial charge < -0.3 is 14.9 Å². The topological polar surface area (TPSA) is 101 Å². The Morgan fingerprint density at radius 3 is 1.72 bits per heavy atom. The highest BCUT2D eigenvalue weighted by atomic mass is 16.6. The van der Waals surface area contributed by atoms with E-state index in [0.717, 1.165) is 6.08 Å². The molecule has 104 valence electrons. The van der Waals surface area contributed by atoms with E-state index in [2.05, 4.69) is 0 Å². The van der Waals surface area contributed by atoms with E-state index in [9.17, 15) is 14.4 Å². The second-order valence-corrected chi connectivity index (χ2v) is 4.08. The third kappa shape index (κ3) is 7.60. The molecule has 6 heteroatoms. The first kappa shape index (κ1) is 18.7. The molecule has 0 atom stereocenters. The van der Waals surface area contributed by atoms with E-state index in [4.69, 9.17) is 9.47 Å². The van der Waals surface area contributed by atoms with Gasteiger partial charge in [0.15, 0.2) is 5.92 Å². The summed E-state index contributed by atoms with van der Waals surface area (Å²) in [6.07, 6.45) is 0.378. The number of esters is 2. The molecule has 0 fully saturated rings. The molecular formula is C12H20O6. The predicted octanol–water partition coefficient (Wildman–Crippen LogP) is 0.459. The average Bonchev–Trinajstić information content (AvgIpc) is 2.15. The lowest BCUT2D eigenvalue weighted by Gasteiger charge is -2.16. The predicted molar refractivity (Wildman–Crippen MR) is 64.4 cm³/mol. The third-order valence-corrected chi connectivity index (χ3v) is 1.71. The van der Waals surface area contributed by atoms with Gasteiger partial charge in [0, 0.05) is 12.5 Å². The minimum absolute atomic E-state index is 0. The second kappa shape index (κ2) is 9.39. The number of hydrogen-bond donors (Lipinski definition) is 0. The van der Waals surface area contributed by atoms with Crippen molar-refractivity contribution in [3.8, 4) is 0 Å². The fraction of sp³-hybridized carbons (Fsp3) is 0.667. The van der Waals surface area contributed by atoms with E-state index in [1.165, 1.54) is 5.94 Å². The summed E-state index contributed by atoms with van der Waals surface area (Å²) in [5, 5.41) is 0. The molecule has 0 unspecified atom stereocenters. The average molecular weight is 260 g/mol. The van der Waals surface area contributed by atoms with Crippen molar-refractivity contribution < 1.29 is 29.3 Å². The lowest BCUT2D eigenvalue weighted by Crippen LogP contribution is -2.30. The lowest BCUT2D eigenvalue weighted by atomic mass is 10.1. The number of allylic oxidation sites excluding steroid dienone is 1. The zero-order chi connectivity index (χ0) is 13.4. The number of ether oxygens (including phenoxy) is 2. The zero-order valence-electron chi connectivity index (χ0n) is 11.1. The lowest BCUT2D eigenvalue weighted by molar-refractivity contribution is -0.166. The van der Waals surface area contributed by atoms with Gasteiger partial charge in [0.05, 0.1) is 12.2 Å². The van der Waals surface area contributed by atoms with Crippen LogP contribution in [0.1, 0.15) is 34.1 Å². The van der Waals surface area contributed by atoms with Crippen molar-refractivity contribution in [2.75, 3.05) is 0 Å². The summed E-state index contributed by atoms with van der Waals surface area (Å²) in [5.41, 5.74) is 0. The van der Waals surface area contributed by atoms with Gasteiger partial charge in [-0.1, -0.05) is 0 Å². The molecular weight excluding hydrogens is 240 g/mol. The Hall–Kier alpha value is -1.65. The van der Waals surface area contributed by atoms with E-state index in [1.807, 2.05) is 0 Å². The van der Waals surface area contributed by atoms with Crippen LogP contribution in [0.25, 0.3) is 0 Å². The molecule has 0 spiro atoms. The van der Waals surface area contributed by atoms with Gasteiger partial charge in [-0.3, -0.25) is 9.59 Å². The van der Waals surface area contributed by atoms with Gasteiger partial charge in [0.25, 0.3) is 0 Å². The molecule has 0 aromatic rings. The first-order valence-electron chi connectivity index (χ1n) is 5.48.